The Morgan fingerprint density at radius 3 is 2.36 bits per heavy atom. The average molecular weight is 409 g/mol. The first-order valence-electron chi connectivity index (χ1n) is 9.85. The zero-order chi connectivity index (χ0) is 20.7. The van der Waals surface area contributed by atoms with Gasteiger partial charge in [0.2, 0.25) is 11.9 Å². The van der Waals surface area contributed by atoms with Crippen molar-refractivity contribution in [2.75, 3.05) is 23.9 Å². The van der Waals surface area contributed by atoms with Crippen molar-refractivity contribution in [2.24, 2.45) is 0 Å². The number of amides is 1. The molecular weight excluding hydrogens is 378 g/mol. The van der Waals surface area contributed by atoms with Crippen LogP contribution in [0.2, 0.25) is 0 Å². The van der Waals surface area contributed by atoms with Crippen LogP contribution in [0.15, 0.2) is 12.4 Å². The second-order valence-corrected chi connectivity index (χ2v) is 9.09. The summed E-state index contributed by atoms with van der Waals surface area (Å²) in [5.74, 6) is 0.651. The fraction of sp³-hybridized carbons (Fsp3) is 0.737. The SMILES string of the molecule is CC(C)N(c1ncc(B2OC(C)(C)C(C)(C)O2)cn1)[C@@H]1CCN(C(=O)CCl)C1. The molecule has 3 rings (SSSR count). The number of carbonyl (C=O) groups is 1. The standard InChI is InChI=1S/C19H30BClN4O3/c1-13(2)25(15-7-8-24(12-15)16(26)9-21)17-22-10-14(11-23-17)20-27-18(3,4)19(5,6)28-20/h10-11,13,15H,7-9,12H2,1-6H3/t15-/m1/s1. The van der Waals surface area contributed by atoms with Crippen molar-refractivity contribution in [1.29, 1.82) is 0 Å². The molecule has 2 aliphatic rings. The molecular formula is C19H30BClN4O3. The first kappa shape index (κ1) is 21.3. The third kappa shape index (κ3) is 4.00. The summed E-state index contributed by atoms with van der Waals surface area (Å²) < 4.78 is 12.2. The number of anilines is 1. The van der Waals surface area contributed by atoms with Crippen molar-refractivity contribution in [3.05, 3.63) is 12.4 Å². The Morgan fingerprint density at radius 2 is 1.86 bits per heavy atom. The number of hydrogen-bond acceptors (Lipinski definition) is 6. The number of halogens is 1. The highest BCUT2D eigenvalue weighted by molar-refractivity contribution is 6.61. The van der Waals surface area contributed by atoms with Crippen molar-refractivity contribution in [3.63, 3.8) is 0 Å². The van der Waals surface area contributed by atoms with Gasteiger partial charge >= 0.3 is 7.12 Å². The van der Waals surface area contributed by atoms with E-state index in [1.54, 1.807) is 12.4 Å². The summed E-state index contributed by atoms with van der Waals surface area (Å²) in [6.07, 6.45) is 4.43. The fourth-order valence-electron chi connectivity index (χ4n) is 3.66. The molecule has 0 aromatic carbocycles. The van der Waals surface area contributed by atoms with Crippen LogP contribution in [-0.2, 0) is 14.1 Å². The molecule has 0 radical (unpaired) electrons. The summed E-state index contributed by atoms with van der Waals surface area (Å²) in [6.45, 7) is 13.7. The molecule has 28 heavy (non-hydrogen) atoms. The second kappa shape index (κ2) is 7.80. The molecule has 0 spiro atoms. The normalized spacial score (nSPS) is 23.5. The Morgan fingerprint density at radius 1 is 1.29 bits per heavy atom. The smallest absolute Gasteiger partial charge is 0.399 e. The zero-order valence-corrected chi connectivity index (χ0v) is 18.4. The minimum Gasteiger partial charge on any atom is -0.399 e. The van der Waals surface area contributed by atoms with Gasteiger partial charge in [-0.15, -0.1) is 11.6 Å². The van der Waals surface area contributed by atoms with Crippen LogP contribution >= 0.6 is 11.6 Å². The average Bonchev–Trinajstić information content (AvgIpc) is 3.17. The van der Waals surface area contributed by atoms with Gasteiger partial charge in [0.15, 0.2) is 0 Å². The first-order valence-corrected chi connectivity index (χ1v) is 10.4. The molecule has 0 unspecified atom stereocenters. The monoisotopic (exact) mass is 408 g/mol. The van der Waals surface area contributed by atoms with Gasteiger partial charge in [-0.05, 0) is 48.0 Å². The molecule has 9 heteroatoms. The lowest BCUT2D eigenvalue weighted by atomic mass is 9.81. The van der Waals surface area contributed by atoms with Crippen molar-refractivity contribution < 1.29 is 14.1 Å². The molecule has 0 saturated carbocycles. The molecule has 2 aliphatic heterocycles. The van der Waals surface area contributed by atoms with E-state index in [4.69, 9.17) is 20.9 Å². The van der Waals surface area contributed by atoms with Gasteiger partial charge in [-0.1, -0.05) is 0 Å². The topological polar surface area (TPSA) is 67.8 Å². The number of hydrogen-bond donors (Lipinski definition) is 0. The van der Waals surface area contributed by atoms with E-state index in [2.05, 4.69) is 28.7 Å². The van der Waals surface area contributed by atoms with Crippen LogP contribution in [0, 0.1) is 0 Å². The van der Waals surface area contributed by atoms with E-state index < -0.39 is 18.3 Å². The molecule has 7 nitrogen and oxygen atoms in total. The van der Waals surface area contributed by atoms with Gasteiger partial charge in [-0.2, -0.15) is 0 Å². The second-order valence-electron chi connectivity index (χ2n) is 8.82. The number of alkyl halides is 1. The Kier molecular flexibility index (Phi) is 5.95. The minimum absolute atomic E-state index is 0.0215. The lowest BCUT2D eigenvalue weighted by molar-refractivity contribution is -0.127. The molecule has 0 bridgehead atoms. The van der Waals surface area contributed by atoms with Crippen LogP contribution in [-0.4, -0.2) is 70.1 Å². The Balaban J connectivity index is 1.75. The summed E-state index contributed by atoms with van der Waals surface area (Å²) in [4.78, 5) is 25.1. The molecule has 0 N–H and O–H groups in total. The van der Waals surface area contributed by atoms with E-state index in [1.165, 1.54) is 0 Å². The highest BCUT2D eigenvalue weighted by Gasteiger charge is 2.52. The maximum Gasteiger partial charge on any atom is 0.498 e. The van der Waals surface area contributed by atoms with Crippen LogP contribution in [0.3, 0.4) is 0 Å². The van der Waals surface area contributed by atoms with Gasteiger partial charge in [0, 0.05) is 37.0 Å². The third-order valence-electron chi connectivity index (χ3n) is 5.99. The lowest BCUT2D eigenvalue weighted by Gasteiger charge is -2.32. The molecule has 1 atom stereocenters. The Bertz CT molecular complexity index is 698. The summed E-state index contributed by atoms with van der Waals surface area (Å²) in [6, 6.07) is 0.383. The predicted molar refractivity (Wildman–Crippen MR) is 111 cm³/mol. The number of rotatable bonds is 5. The number of likely N-dealkylation sites (tertiary alicyclic amines) is 1. The largest absolute Gasteiger partial charge is 0.498 e. The van der Waals surface area contributed by atoms with E-state index in [0.29, 0.717) is 19.0 Å². The zero-order valence-electron chi connectivity index (χ0n) is 17.6. The van der Waals surface area contributed by atoms with Crippen LogP contribution < -0.4 is 10.4 Å². The van der Waals surface area contributed by atoms with Crippen LogP contribution in [0.1, 0.15) is 48.0 Å². The summed E-state index contributed by atoms with van der Waals surface area (Å²) in [7, 11) is -0.477. The van der Waals surface area contributed by atoms with Gasteiger partial charge < -0.3 is 19.1 Å². The van der Waals surface area contributed by atoms with Crippen molar-refractivity contribution in [2.45, 2.75) is 71.2 Å². The van der Waals surface area contributed by atoms with Gasteiger partial charge in [-0.3, -0.25) is 4.79 Å². The fourth-order valence-corrected chi connectivity index (χ4v) is 3.83. The maximum atomic E-state index is 11.9. The van der Waals surface area contributed by atoms with Gasteiger partial charge in [0.25, 0.3) is 0 Å². The van der Waals surface area contributed by atoms with Crippen molar-refractivity contribution in [1.82, 2.24) is 14.9 Å². The predicted octanol–water partition coefficient (Wildman–Crippen LogP) is 1.83. The number of nitrogens with zero attached hydrogens (tertiary/aromatic N) is 4. The Hall–Kier alpha value is -1.38. The van der Waals surface area contributed by atoms with Crippen LogP contribution in [0.4, 0.5) is 5.95 Å². The van der Waals surface area contributed by atoms with E-state index >= 15 is 0 Å². The molecule has 2 saturated heterocycles. The maximum absolute atomic E-state index is 11.9. The van der Waals surface area contributed by atoms with Crippen LogP contribution in [0.25, 0.3) is 0 Å². The van der Waals surface area contributed by atoms with E-state index in [-0.39, 0.29) is 23.9 Å². The lowest BCUT2D eigenvalue weighted by Crippen LogP contribution is -2.44. The molecule has 154 valence electrons. The number of carbonyl (C=O) groups excluding carboxylic acids is 1. The molecule has 1 aromatic heterocycles. The molecule has 1 amide bonds. The third-order valence-corrected chi connectivity index (χ3v) is 6.22. The van der Waals surface area contributed by atoms with E-state index in [0.717, 1.165) is 11.9 Å². The van der Waals surface area contributed by atoms with Gasteiger partial charge in [0.1, 0.15) is 5.88 Å². The first-order chi connectivity index (χ1) is 13.1. The van der Waals surface area contributed by atoms with Crippen molar-refractivity contribution in [3.8, 4) is 0 Å². The van der Waals surface area contributed by atoms with Gasteiger partial charge in [0.05, 0.1) is 17.2 Å². The molecule has 3 heterocycles. The van der Waals surface area contributed by atoms with Crippen molar-refractivity contribution >= 4 is 36.0 Å². The van der Waals surface area contributed by atoms with E-state index in [1.807, 2.05) is 32.6 Å². The Labute approximate surface area is 172 Å². The highest BCUT2D eigenvalue weighted by Crippen LogP contribution is 2.36. The summed E-state index contributed by atoms with van der Waals surface area (Å²) in [5.41, 5.74) is 0.00183. The van der Waals surface area contributed by atoms with Gasteiger partial charge in [-0.25, -0.2) is 9.97 Å². The van der Waals surface area contributed by atoms with Crippen LogP contribution in [0.5, 0.6) is 0 Å². The number of aromatic nitrogens is 2. The summed E-state index contributed by atoms with van der Waals surface area (Å²) >= 11 is 5.71. The quantitative estimate of drug-likeness (QED) is 0.547. The summed E-state index contributed by atoms with van der Waals surface area (Å²) in [5, 5.41) is 0. The molecule has 1 aromatic rings. The highest BCUT2D eigenvalue weighted by atomic mass is 35.5. The minimum atomic E-state index is -0.477. The molecule has 0 aliphatic carbocycles. The van der Waals surface area contributed by atoms with E-state index in [9.17, 15) is 4.79 Å². The molecule has 2 fully saturated rings.